The van der Waals surface area contributed by atoms with Crippen LogP contribution in [0.4, 0.5) is 17.1 Å². The molecule has 0 unspecified atom stereocenters. The van der Waals surface area contributed by atoms with Crippen molar-refractivity contribution in [1.29, 1.82) is 0 Å². The number of aryl methyl sites for hydroxylation is 2. The summed E-state index contributed by atoms with van der Waals surface area (Å²) >= 11 is 0. The lowest BCUT2D eigenvalue weighted by molar-refractivity contribution is 0.313. The highest BCUT2D eigenvalue weighted by atomic mass is 16.2. The molecule has 0 saturated carbocycles. The molecule has 0 aliphatic carbocycles. The smallest absolute Gasteiger partial charge is 0.250 e. The second-order valence-electron chi connectivity index (χ2n) is 7.64. The van der Waals surface area contributed by atoms with E-state index >= 15 is 0 Å². The number of hydrogen-bond donors (Lipinski definition) is 1. The second-order valence-corrected chi connectivity index (χ2v) is 7.64. The Morgan fingerprint density at radius 1 is 0.857 bits per heavy atom. The van der Waals surface area contributed by atoms with Crippen LogP contribution >= 0.6 is 0 Å². The van der Waals surface area contributed by atoms with E-state index in [2.05, 4.69) is 28.2 Å². The molecule has 0 bridgehead atoms. The standard InChI is InChI=1S/C23H25N3O2/c1-15-8-9-17(14-16(15)2)20-21(23(28)22(20)27)24-18-6-4-5-7-19(18)26-12-10-25(3)11-13-26/h4-9,14,24H,10-13H2,1-3H3. The number of rotatable bonds is 4. The first-order valence-corrected chi connectivity index (χ1v) is 9.66. The Balaban J connectivity index is 1.68. The second kappa shape index (κ2) is 7.24. The molecule has 1 aliphatic rings. The minimum absolute atomic E-state index is 0.398. The van der Waals surface area contributed by atoms with E-state index < -0.39 is 10.9 Å². The van der Waals surface area contributed by atoms with Gasteiger partial charge in [0.05, 0.1) is 16.9 Å². The maximum atomic E-state index is 12.3. The Morgan fingerprint density at radius 3 is 2.29 bits per heavy atom. The van der Waals surface area contributed by atoms with Crippen LogP contribution in [0.25, 0.3) is 11.1 Å². The van der Waals surface area contributed by atoms with E-state index in [9.17, 15) is 9.59 Å². The van der Waals surface area contributed by atoms with Crippen molar-refractivity contribution >= 4 is 17.1 Å². The molecule has 1 aliphatic heterocycles. The number of likely N-dealkylation sites (N-methyl/N-ethyl adjacent to an activating group) is 1. The first-order valence-electron chi connectivity index (χ1n) is 9.66. The molecule has 1 saturated heterocycles. The van der Waals surface area contributed by atoms with Gasteiger partial charge in [-0.3, -0.25) is 9.59 Å². The molecule has 3 aromatic rings. The van der Waals surface area contributed by atoms with Gasteiger partial charge in [-0.05, 0) is 49.7 Å². The highest BCUT2D eigenvalue weighted by Gasteiger charge is 2.24. The van der Waals surface area contributed by atoms with Crippen LogP contribution in [0.5, 0.6) is 0 Å². The van der Waals surface area contributed by atoms with Gasteiger partial charge in [-0.25, -0.2) is 0 Å². The van der Waals surface area contributed by atoms with Gasteiger partial charge in [-0.15, -0.1) is 0 Å². The largest absolute Gasteiger partial charge is 0.367 e. The quantitative estimate of drug-likeness (QED) is 0.711. The number of benzene rings is 2. The van der Waals surface area contributed by atoms with Crippen LogP contribution in [0.3, 0.4) is 0 Å². The Labute approximate surface area is 164 Å². The monoisotopic (exact) mass is 375 g/mol. The molecule has 3 aromatic carbocycles. The Kier molecular flexibility index (Phi) is 4.77. The van der Waals surface area contributed by atoms with Crippen LogP contribution in [0.1, 0.15) is 11.1 Å². The topological polar surface area (TPSA) is 52.6 Å². The molecule has 1 N–H and O–H groups in total. The van der Waals surface area contributed by atoms with Gasteiger partial charge in [0.2, 0.25) is 5.43 Å². The molecular formula is C23H25N3O2. The minimum atomic E-state index is -0.443. The summed E-state index contributed by atoms with van der Waals surface area (Å²) in [6.07, 6.45) is 0. The van der Waals surface area contributed by atoms with Crippen molar-refractivity contribution in [3.05, 3.63) is 74.0 Å². The molecule has 4 rings (SSSR count). The van der Waals surface area contributed by atoms with E-state index in [1.165, 1.54) is 0 Å². The van der Waals surface area contributed by atoms with Crippen molar-refractivity contribution in [2.45, 2.75) is 13.8 Å². The third kappa shape index (κ3) is 3.22. The van der Waals surface area contributed by atoms with Crippen molar-refractivity contribution in [1.82, 2.24) is 4.90 Å². The third-order valence-electron chi connectivity index (χ3n) is 5.71. The highest BCUT2D eigenvalue weighted by molar-refractivity contribution is 5.87. The molecule has 1 heterocycles. The third-order valence-corrected chi connectivity index (χ3v) is 5.71. The summed E-state index contributed by atoms with van der Waals surface area (Å²) in [5, 5.41) is 3.27. The molecule has 0 aromatic heterocycles. The Morgan fingerprint density at radius 2 is 1.57 bits per heavy atom. The lowest BCUT2D eigenvalue weighted by Crippen LogP contribution is -2.44. The first kappa shape index (κ1) is 18.4. The predicted molar refractivity (Wildman–Crippen MR) is 116 cm³/mol. The average Bonchev–Trinajstić information content (AvgIpc) is 2.71. The number of nitrogens with one attached hydrogen (secondary N) is 1. The fourth-order valence-electron chi connectivity index (χ4n) is 3.72. The molecule has 144 valence electrons. The zero-order valence-electron chi connectivity index (χ0n) is 16.6. The van der Waals surface area contributed by atoms with E-state index in [0.29, 0.717) is 11.3 Å². The van der Waals surface area contributed by atoms with Gasteiger partial charge >= 0.3 is 0 Å². The zero-order valence-corrected chi connectivity index (χ0v) is 16.6. The van der Waals surface area contributed by atoms with Crippen molar-refractivity contribution in [3.8, 4) is 11.1 Å². The Hall–Kier alpha value is -2.92. The van der Waals surface area contributed by atoms with E-state index in [1.54, 1.807) is 0 Å². The number of nitrogens with zero attached hydrogens (tertiary/aromatic N) is 2. The van der Waals surface area contributed by atoms with E-state index in [4.69, 9.17) is 0 Å². The summed E-state index contributed by atoms with van der Waals surface area (Å²) in [4.78, 5) is 29.3. The summed E-state index contributed by atoms with van der Waals surface area (Å²) in [7, 11) is 2.13. The van der Waals surface area contributed by atoms with Crippen LogP contribution in [0, 0.1) is 13.8 Å². The van der Waals surface area contributed by atoms with Gasteiger partial charge in [0.1, 0.15) is 5.69 Å². The number of hydrogen-bond acceptors (Lipinski definition) is 5. The highest BCUT2D eigenvalue weighted by Crippen LogP contribution is 2.32. The number of para-hydroxylation sites is 2. The molecular weight excluding hydrogens is 350 g/mol. The summed E-state index contributed by atoms with van der Waals surface area (Å²) in [6, 6.07) is 13.9. The van der Waals surface area contributed by atoms with Crippen LogP contribution < -0.4 is 21.1 Å². The molecule has 5 heteroatoms. The van der Waals surface area contributed by atoms with Crippen molar-refractivity contribution in [3.63, 3.8) is 0 Å². The van der Waals surface area contributed by atoms with E-state index in [-0.39, 0.29) is 0 Å². The van der Waals surface area contributed by atoms with Crippen molar-refractivity contribution in [2.75, 3.05) is 43.4 Å². The normalized spacial score (nSPS) is 15.2. The molecule has 0 radical (unpaired) electrons. The van der Waals surface area contributed by atoms with Crippen LogP contribution in [0.15, 0.2) is 52.1 Å². The summed E-state index contributed by atoms with van der Waals surface area (Å²) in [5.74, 6) is 0. The zero-order chi connectivity index (χ0) is 19.8. The van der Waals surface area contributed by atoms with Gasteiger partial charge in [0, 0.05) is 26.2 Å². The fraction of sp³-hybridized carbons (Fsp3) is 0.304. The van der Waals surface area contributed by atoms with E-state index in [0.717, 1.165) is 54.2 Å². The van der Waals surface area contributed by atoms with Gasteiger partial charge in [-0.2, -0.15) is 0 Å². The fourth-order valence-corrected chi connectivity index (χ4v) is 3.72. The SMILES string of the molecule is Cc1ccc(-c2c(Nc3ccccc3N3CCN(C)CC3)c(=O)c2=O)cc1C. The lowest BCUT2D eigenvalue weighted by Gasteiger charge is -2.35. The van der Waals surface area contributed by atoms with Gasteiger partial charge in [0.25, 0.3) is 5.43 Å². The van der Waals surface area contributed by atoms with E-state index in [1.807, 2.05) is 50.2 Å². The average molecular weight is 375 g/mol. The molecule has 0 atom stereocenters. The molecule has 1 fully saturated rings. The maximum absolute atomic E-state index is 12.3. The lowest BCUT2D eigenvalue weighted by atomic mass is 9.95. The maximum Gasteiger partial charge on any atom is 0.250 e. The number of anilines is 3. The van der Waals surface area contributed by atoms with Crippen LogP contribution in [0.2, 0.25) is 0 Å². The summed E-state index contributed by atoms with van der Waals surface area (Å²) < 4.78 is 0. The molecule has 28 heavy (non-hydrogen) atoms. The summed E-state index contributed by atoms with van der Waals surface area (Å²) in [6.45, 7) is 7.92. The number of piperazine rings is 1. The van der Waals surface area contributed by atoms with Crippen molar-refractivity contribution < 1.29 is 0 Å². The van der Waals surface area contributed by atoms with Crippen molar-refractivity contribution in [2.24, 2.45) is 0 Å². The minimum Gasteiger partial charge on any atom is -0.367 e. The predicted octanol–water partition coefficient (Wildman–Crippen LogP) is 3.06. The van der Waals surface area contributed by atoms with Gasteiger partial charge in [-0.1, -0.05) is 30.3 Å². The Bertz CT molecular complexity index is 1090. The van der Waals surface area contributed by atoms with Crippen LogP contribution in [-0.2, 0) is 0 Å². The molecule has 5 nitrogen and oxygen atoms in total. The molecule has 0 spiro atoms. The van der Waals surface area contributed by atoms with Gasteiger partial charge < -0.3 is 15.1 Å². The summed E-state index contributed by atoms with van der Waals surface area (Å²) in [5.41, 5.74) is 5.03. The van der Waals surface area contributed by atoms with Gasteiger partial charge in [0.15, 0.2) is 0 Å². The molecule has 0 amide bonds. The first-order chi connectivity index (χ1) is 13.5. The van der Waals surface area contributed by atoms with Crippen LogP contribution in [-0.4, -0.2) is 38.1 Å².